The van der Waals surface area contributed by atoms with Crippen molar-refractivity contribution in [3.05, 3.63) is 70.1 Å². The Bertz CT molecular complexity index is 918. The summed E-state index contributed by atoms with van der Waals surface area (Å²) >= 11 is 1.52. The van der Waals surface area contributed by atoms with Gasteiger partial charge in [-0.05, 0) is 35.6 Å². The summed E-state index contributed by atoms with van der Waals surface area (Å²) in [6, 6.07) is 13.0. The minimum absolute atomic E-state index is 0.0425. The number of methoxy groups -OCH3 is 1. The first kappa shape index (κ1) is 17.9. The average Bonchev–Trinajstić information content (AvgIpc) is 3.19. The third-order valence-electron chi connectivity index (χ3n) is 3.86. The van der Waals surface area contributed by atoms with E-state index in [1.165, 1.54) is 28.3 Å². The minimum Gasteiger partial charge on any atom is -0.497 e. The Kier molecular flexibility index (Phi) is 5.80. The van der Waals surface area contributed by atoms with E-state index >= 15 is 0 Å². The van der Waals surface area contributed by atoms with Crippen LogP contribution in [0.2, 0.25) is 0 Å². The van der Waals surface area contributed by atoms with Crippen molar-refractivity contribution >= 4 is 17.2 Å². The number of rotatable bonds is 7. The van der Waals surface area contributed by atoms with Gasteiger partial charge in [0, 0.05) is 12.6 Å². The van der Waals surface area contributed by atoms with Crippen LogP contribution in [0.15, 0.2) is 59.0 Å². The van der Waals surface area contributed by atoms with Gasteiger partial charge in [0.1, 0.15) is 12.3 Å². The predicted molar refractivity (Wildman–Crippen MR) is 102 cm³/mol. The Hall–Kier alpha value is -2.93. The molecule has 3 rings (SSSR count). The van der Waals surface area contributed by atoms with Crippen LogP contribution in [0.4, 0.5) is 0 Å². The normalized spacial score (nSPS) is 10.5. The molecule has 0 bridgehead atoms. The number of nitrogens with one attached hydrogen (secondary N) is 1. The van der Waals surface area contributed by atoms with Gasteiger partial charge in [0.25, 0.3) is 5.56 Å². The maximum absolute atomic E-state index is 12.2. The monoisotopic (exact) mass is 369 g/mol. The second-order valence-corrected chi connectivity index (χ2v) is 6.61. The molecule has 1 aromatic carbocycles. The lowest BCUT2D eigenvalue weighted by Crippen LogP contribution is -2.33. The Morgan fingerprint density at radius 3 is 2.73 bits per heavy atom. The van der Waals surface area contributed by atoms with Crippen molar-refractivity contribution in [2.75, 3.05) is 13.7 Å². The molecule has 0 atom stereocenters. The minimum atomic E-state index is -0.242. The first-order valence-corrected chi connectivity index (χ1v) is 9.03. The Balaban J connectivity index is 1.52. The van der Waals surface area contributed by atoms with E-state index in [9.17, 15) is 9.59 Å². The van der Waals surface area contributed by atoms with Crippen LogP contribution in [0.5, 0.6) is 5.75 Å². The van der Waals surface area contributed by atoms with Crippen LogP contribution in [-0.4, -0.2) is 29.1 Å². The van der Waals surface area contributed by atoms with Gasteiger partial charge >= 0.3 is 0 Å². The molecule has 0 aliphatic rings. The average molecular weight is 369 g/mol. The molecule has 7 heteroatoms. The van der Waals surface area contributed by atoms with E-state index in [2.05, 4.69) is 10.3 Å². The summed E-state index contributed by atoms with van der Waals surface area (Å²) in [5.41, 5.74) is 1.49. The van der Waals surface area contributed by atoms with E-state index < -0.39 is 0 Å². The fourth-order valence-electron chi connectivity index (χ4n) is 2.45. The molecule has 134 valence electrons. The van der Waals surface area contributed by atoms with Crippen molar-refractivity contribution in [2.45, 2.75) is 13.0 Å². The molecule has 2 heterocycles. The molecule has 0 fully saturated rings. The number of amides is 1. The number of ether oxygens (including phenoxy) is 1. The molecule has 0 aliphatic carbocycles. The van der Waals surface area contributed by atoms with E-state index in [1.807, 2.05) is 41.8 Å². The molecule has 2 aromatic heterocycles. The van der Waals surface area contributed by atoms with Gasteiger partial charge in [-0.15, -0.1) is 11.3 Å². The number of carbonyl (C=O) groups is 1. The van der Waals surface area contributed by atoms with Crippen molar-refractivity contribution in [3.8, 4) is 16.3 Å². The number of hydrogen-bond donors (Lipinski definition) is 1. The zero-order valence-electron chi connectivity index (χ0n) is 14.3. The van der Waals surface area contributed by atoms with E-state index in [4.69, 9.17) is 4.74 Å². The summed E-state index contributed by atoms with van der Waals surface area (Å²) in [5, 5.41) is 4.75. The number of hydrogen-bond acceptors (Lipinski definition) is 5. The molecule has 1 N–H and O–H groups in total. The number of thiophene rings is 1. The van der Waals surface area contributed by atoms with Gasteiger partial charge in [0.2, 0.25) is 5.91 Å². The lowest BCUT2D eigenvalue weighted by molar-refractivity contribution is -0.121. The molecular formula is C19H19N3O3S. The van der Waals surface area contributed by atoms with Crippen LogP contribution in [0, 0.1) is 0 Å². The van der Waals surface area contributed by atoms with Gasteiger partial charge in [-0.2, -0.15) is 0 Å². The SMILES string of the molecule is COc1ccc(CCNC(=O)Cn2cnc(-c3cccs3)cc2=O)cc1. The van der Waals surface area contributed by atoms with Crippen LogP contribution in [0.25, 0.3) is 10.6 Å². The lowest BCUT2D eigenvalue weighted by atomic mass is 10.1. The van der Waals surface area contributed by atoms with Crippen molar-refractivity contribution < 1.29 is 9.53 Å². The highest BCUT2D eigenvalue weighted by Gasteiger charge is 2.07. The van der Waals surface area contributed by atoms with Crippen LogP contribution in [0.1, 0.15) is 5.56 Å². The van der Waals surface area contributed by atoms with E-state index in [0.29, 0.717) is 18.7 Å². The van der Waals surface area contributed by atoms with Gasteiger partial charge < -0.3 is 10.1 Å². The summed E-state index contributed by atoms with van der Waals surface area (Å²) in [7, 11) is 1.62. The first-order valence-electron chi connectivity index (χ1n) is 8.16. The Morgan fingerprint density at radius 2 is 2.08 bits per heavy atom. The van der Waals surface area contributed by atoms with E-state index in [0.717, 1.165) is 16.2 Å². The highest BCUT2D eigenvalue weighted by atomic mass is 32.1. The van der Waals surface area contributed by atoms with Gasteiger partial charge in [-0.3, -0.25) is 14.2 Å². The van der Waals surface area contributed by atoms with E-state index in [1.54, 1.807) is 7.11 Å². The fourth-order valence-corrected chi connectivity index (χ4v) is 3.15. The van der Waals surface area contributed by atoms with Crippen molar-refractivity contribution in [1.29, 1.82) is 0 Å². The van der Waals surface area contributed by atoms with Gasteiger partial charge in [0.15, 0.2) is 0 Å². The lowest BCUT2D eigenvalue weighted by Gasteiger charge is -2.08. The maximum Gasteiger partial charge on any atom is 0.254 e. The number of carbonyl (C=O) groups excluding carboxylic acids is 1. The molecule has 3 aromatic rings. The van der Waals surface area contributed by atoms with Crippen LogP contribution in [0.3, 0.4) is 0 Å². The number of nitrogens with zero attached hydrogens (tertiary/aromatic N) is 2. The second kappa shape index (κ2) is 8.44. The first-order chi connectivity index (χ1) is 12.7. The molecule has 0 saturated carbocycles. The zero-order chi connectivity index (χ0) is 18.4. The molecule has 0 unspecified atom stereocenters. The summed E-state index contributed by atoms with van der Waals surface area (Å²) in [6.45, 7) is 0.458. The third kappa shape index (κ3) is 4.58. The molecular weight excluding hydrogens is 350 g/mol. The van der Waals surface area contributed by atoms with Gasteiger partial charge in [-0.1, -0.05) is 18.2 Å². The largest absolute Gasteiger partial charge is 0.497 e. The molecule has 0 aliphatic heterocycles. The van der Waals surface area contributed by atoms with Crippen molar-refractivity contribution in [1.82, 2.24) is 14.9 Å². The Morgan fingerprint density at radius 1 is 1.27 bits per heavy atom. The maximum atomic E-state index is 12.2. The van der Waals surface area contributed by atoms with E-state index in [-0.39, 0.29) is 18.0 Å². The highest BCUT2D eigenvalue weighted by molar-refractivity contribution is 7.13. The predicted octanol–water partition coefficient (Wildman–Crippen LogP) is 2.34. The Labute approximate surface area is 155 Å². The van der Waals surface area contributed by atoms with Gasteiger partial charge in [0.05, 0.1) is 24.0 Å². The van der Waals surface area contributed by atoms with Crippen LogP contribution in [-0.2, 0) is 17.8 Å². The second-order valence-electron chi connectivity index (χ2n) is 5.67. The molecule has 0 spiro atoms. The van der Waals surface area contributed by atoms with Crippen molar-refractivity contribution in [2.24, 2.45) is 0 Å². The molecule has 0 radical (unpaired) electrons. The van der Waals surface area contributed by atoms with Crippen LogP contribution < -0.4 is 15.6 Å². The molecule has 26 heavy (non-hydrogen) atoms. The summed E-state index contributed by atoms with van der Waals surface area (Å²) in [6.07, 6.45) is 2.13. The summed E-state index contributed by atoms with van der Waals surface area (Å²) in [4.78, 5) is 29.4. The topological polar surface area (TPSA) is 73.2 Å². The number of aromatic nitrogens is 2. The van der Waals surface area contributed by atoms with Gasteiger partial charge in [-0.25, -0.2) is 4.98 Å². The standard InChI is InChI=1S/C19H19N3O3S/c1-25-15-6-4-14(5-7-15)8-9-20-18(23)12-22-13-21-16(11-19(22)24)17-3-2-10-26-17/h2-7,10-11,13H,8-9,12H2,1H3,(H,20,23). The highest BCUT2D eigenvalue weighted by Crippen LogP contribution is 2.20. The number of benzene rings is 1. The molecule has 0 saturated heterocycles. The molecule has 1 amide bonds. The zero-order valence-corrected chi connectivity index (χ0v) is 15.2. The summed E-state index contributed by atoms with van der Waals surface area (Å²) in [5.74, 6) is 0.585. The fraction of sp³-hybridized carbons (Fsp3) is 0.211. The third-order valence-corrected chi connectivity index (χ3v) is 4.75. The summed E-state index contributed by atoms with van der Waals surface area (Å²) < 4.78 is 6.42. The smallest absolute Gasteiger partial charge is 0.254 e. The van der Waals surface area contributed by atoms with Crippen molar-refractivity contribution in [3.63, 3.8) is 0 Å². The quantitative estimate of drug-likeness (QED) is 0.694. The van der Waals surface area contributed by atoms with Crippen LogP contribution >= 0.6 is 11.3 Å². The molecule has 6 nitrogen and oxygen atoms in total.